The van der Waals surface area contributed by atoms with E-state index in [1.807, 2.05) is 24.3 Å². The molecule has 0 aliphatic rings. The Morgan fingerprint density at radius 2 is 2.08 bits per heavy atom. The van der Waals surface area contributed by atoms with Gasteiger partial charge in [-0.3, -0.25) is 9.59 Å². The first-order valence-corrected chi connectivity index (χ1v) is 8.16. The summed E-state index contributed by atoms with van der Waals surface area (Å²) in [6.07, 6.45) is 4.04. The number of rotatable bonds is 5. The predicted octanol–water partition coefficient (Wildman–Crippen LogP) is 2.08. The molecule has 0 fully saturated rings. The van der Waals surface area contributed by atoms with Gasteiger partial charge in [0.25, 0.3) is 11.5 Å². The maximum absolute atomic E-state index is 12.5. The number of fused-ring (bicyclic) bond motifs is 1. The molecule has 0 saturated carbocycles. The van der Waals surface area contributed by atoms with E-state index in [4.69, 9.17) is 5.11 Å². The van der Waals surface area contributed by atoms with Crippen LogP contribution < -0.4 is 5.56 Å². The van der Waals surface area contributed by atoms with Crippen LogP contribution in [0.2, 0.25) is 0 Å². The maximum atomic E-state index is 12.5. The van der Waals surface area contributed by atoms with Gasteiger partial charge in [-0.05, 0) is 30.2 Å². The second-order valence-corrected chi connectivity index (χ2v) is 6.17. The highest BCUT2D eigenvalue weighted by Crippen LogP contribution is 2.27. The number of aryl methyl sites for hydroxylation is 1. The molecule has 0 atom stereocenters. The molecule has 0 bridgehead atoms. The molecule has 2 aromatic heterocycles. The van der Waals surface area contributed by atoms with Gasteiger partial charge >= 0.3 is 0 Å². The molecule has 3 rings (SSSR count). The second kappa shape index (κ2) is 6.94. The summed E-state index contributed by atoms with van der Waals surface area (Å²) in [4.78, 5) is 29.3. The number of hydrogen-bond donors (Lipinski definition) is 2. The highest BCUT2D eigenvalue weighted by Gasteiger charge is 2.14. The molecule has 2 N–H and O–H groups in total. The lowest BCUT2D eigenvalue weighted by atomic mass is 10.0. The Hall–Kier alpha value is -2.86. The van der Waals surface area contributed by atoms with Gasteiger partial charge in [-0.25, -0.2) is 0 Å². The van der Waals surface area contributed by atoms with Gasteiger partial charge in [-0.1, -0.05) is 12.1 Å². The first-order chi connectivity index (χ1) is 12.0. The number of benzene rings is 1. The molecule has 6 nitrogen and oxygen atoms in total. The molecule has 0 radical (unpaired) electrons. The van der Waals surface area contributed by atoms with Crippen molar-refractivity contribution in [1.82, 2.24) is 14.5 Å². The van der Waals surface area contributed by atoms with Crippen LogP contribution in [-0.4, -0.2) is 46.2 Å². The Bertz CT molecular complexity index is 969. The van der Waals surface area contributed by atoms with Gasteiger partial charge in [0.2, 0.25) is 0 Å². The molecule has 25 heavy (non-hydrogen) atoms. The number of carbonyl (C=O) groups is 1. The van der Waals surface area contributed by atoms with Crippen LogP contribution in [-0.2, 0) is 6.54 Å². The second-order valence-electron chi connectivity index (χ2n) is 6.17. The maximum Gasteiger partial charge on any atom is 0.274 e. The first kappa shape index (κ1) is 17.0. The van der Waals surface area contributed by atoms with Gasteiger partial charge in [0.15, 0.2) is 0 Å². The lowest BCUT2D eigenvalue weighted by Gasteiger charge is -2.13. The van der Waals surface area contributed by atoms with Crippen LogP contribution in [0.1, 0.15) is 16.8 Å². The zero-order chi connectivity index (χ0) is 18.0. The summed E-state index contributed by atoms with van der Waals surface area (Å²) in [6, 6.07) is 9.25. The van der Waals surface area contributed by atoms with Crippen LogP contribution in [0.5, 0.6) is 0 Å². The fourth-order valence-electron chi connectivity index (χ4n) is 2.91. The Kier molecular flexibility index (Phi) is 4.72. The van der Waals surface area contributed by atoms with E-state index in [0.29, 0.717) is 24.0 Å². The van der Waals surface area contributed by atoms with Crippen LogP contribution in [0, 0.1) is 0 Å². The molecule has 6 heteroatoms. The molecule has 0 aliphatic heterocycles. The van der Waals surface area contributed by atoms with E-state index in [1.165, 1.54) is 4.90 Å². The largest absolute Gasteiger partial charge is 0.396 e. The van der Waals surface area contributed by atoms with E-state index >= 15 is 0 Å². The summed E-state index contributed by atoms with van der Waals surface area (Å²) in [5.74, 6) is -0.0687. The fourth-order valence-corrected chi connectivity index (χ4v) is 2.91. The fraction of sp³-hybridized carbons (Fsp3) is 0.263. The zero-order valence-electron chi connectivity index (χ0n) is 14.3. The number of nitrogens with one attached hydrogen (secondary N) is 1. The van der Waals surface area contributed by atoms with Gasteiger partial charge in [0, 0.05) is 56.2 Å². The van der Waals surface area contributed by atoms with Crippen LogP contribution in [0.4, 0.5) is 0 Å². The van der Waals surface area contributed by atoms with E-state index in [2.05, 4.69) is 4.98 Å². The standard InChI is InChI=1S/C19H21N3O3/c1-21(2)18(24)14-6-3-5-13(11-14)16-12-22(9-4-10-23)19(25)17-15(16)7-8-20-17/h3,5-8,11-12,20,23H,4,9-10H2,1-2H3. The topological polar surface area (TPSA) is 78.3 Å². The van der Waals surface area contributed by atoms with Crippen LogP contribution >= 0.6 is 0 Å². The summed E-state index contributed by atoms with van der Waals surface area (Å²) in [6.45, 7) is 0.463. The summed E-state index contributed by atoms with van der Waals surface area (Å²) in [5, 5.41) is 9.88. The number of H-pyrrole nitrogens is 1. The van der Waals surface area contributed by atoms with Gasteiger partial charge in [0.05, 0.1) is 0 Å². The van der Waals surface area contributed by atoms with Gasteiger partial charge in [-0.15, -0.1) is 0 Å². The lowest BCUT2D eigenvalue weighted by Crippen LogP contribution is -2.22. The van der Waals surface area contributed by atoms with Crippen LogP contribution in [0.15, 0.2) is 47.5 Å². The average Bonchev–Trinajstić information content (AvgIpc) is 3.11. The summed E-state index contributed by atoms with van der Waals surface area (Å²) in [5.41, 5.74) is 2.76. The number of amides is 1. The number of aliphatic hydroxyl groups excluding tert-OH is 1. The molecule has 0 aliphatic carbocycles. The van der Waals surface area contributed by atoms with Crippen molar-refractivity contribution in [3.8, 4) is 11.1 Å². The molecular weight excluding hydrogens is 318 g/mol. The third-order valence-corrected chi connectivity index (χ3v) is 4.18. The molecule has 130 valence electrons. The quantitative estimate of drug-likeness (QED) is 0.747. The third-order valence-electron chi connectivity index (χ3n) is 4.18. The van der Waals surface area contributed by atoms with Crippen molar-refractivity contribution >= 4 is 16.8 Å². The Morgan fingerprint density at radius 3 is 2.80 bits per heavy atom. The van der Waals surface area contributed by atoms with Crippen molar-refractivity contribution in [3.63, 3.8) is 0 Å². The molecule has 0 saturated heterocycles. The Balaban J connectivity index is 2.17. The van der Waals surface area contributed by atoms with Gasteiger partial charge < -0.3 is 19.6 Å². The van der Waals surface area contributed by atoms with E-state index in [1.54, 1.807) is 37.1 Å². The third kappa shape index (κ3) is 3.21. The van der Waals surface area contributed by atoms with E-state index < -0.39 is 0 Å². The Labute approximate surface area is 145 Å². The SMILES string of the molecule is CN(C)C(=O)c1cccc(-c2cn(CCCO)c(=O)c3[nH]ccc23)c1. The normalized spacial score (nSPS) is 11.0. The molecule has 0 unspecified atom stereocenters. The van der Waals surface area contributed by atoms with Crippen molar-refractivity contribution in [1.29, 1.82) is 0 Å². The molecule has 3 aromatic rings. The van der Waals surface area contributed by atoms with Crippen LogP contribution in [0.3, 0.4) is 0 Å². The van der Waals surface area contributed by atoms with Gasteiger partial charge in [0.1, 0.15) is 5.52 Å². The van der Waals surface area contributed by atoms with Gasteiger partial charge in [-0.2, -0.15) is 0 Å². The zero-order valence-corrected chi connectivity index (χ0v) is 14.3. The minimum atomic E-state index is -0.113. The smallest absolute Gasteiger partial charge is 0.274 e. The van der Waals surface area contributed by atoms with Crippen molar-refractivity contribution in [2.75, 3.05) is 20.7 Å². The summed E-state index contributed by atoms with van der Waals surface area (Å²) in [7, 11) is 3.43. The summed E-state index contributed by atoms with van der Waals surface area (Å²) >= 11 is 0. The number of pyridine rings is 1. The highest BCUT2D eigenvalue weighted by atomic mass is 16.3. The van der Waals surface area contributed by atoms with Crippen molar-refractivity contribution < 1.29 is 9.90 Å². The lowest BCUT2D eigenvalue weighted by molar-refractivity contribution is 0.0827. The number of aromatic amines is 1. The number of aromatic nitrogens is 2. The summed E-state index contributed by atoms with van der Waals surface area (Å²) < 4.78 is 1.60. The number of aliphatic hydroxyl groups is 1. The van der Waals surface area contributed by atoms with Crippen molar-refractivity contribution in [2.45, 2.75) is 13.0 Å². The van der Waals surface area contributed by atoms with E-state index in [-0.39, 0.29) is 18.1 Å². The van der Waals surface area contributed by atoms with Crippen LogP contribution in [0.25, 0.3) is 22.0 Å². The van der Waals surface area contributed by atoms with E-state index in [0.717, 1.165) is 16.5 Å². The first-order valence-electron chi connectivity index (χ1n) is 8.16. The highest BCUT2D eigenvalue weighted by molar-refractivity contribution is 5.98. The molecule has 2 heterocycles. The minimum absolute atomic E-state index is 0.0252. The van der Waals surface area contributed by atoms with Crippen molar-refractivity contribution in [3.05, 3.63) is 58.6 Å². The van der Waals surface area contributed by atoms with E-state index in [9.17, 15) is 9.59 Å². The van der Waals surface area contributed by atoms with Crippen molar-refractivity contribution in [2.24, 2.45) is 0 Å². The molecule has 1 amide bonds. The minimum Gasteiger partial charge on any atom is -0.396 e. The molecule has 1 aromatic carbocycles. The number of nitrogens with zero attached hydrogens (tertiary/aromatic N) is 2. The molecule has 0 spiro atoms. The molecular formula is C19H21N3O3. The Morgan fingerprint density at radius 1 is 1.28 bits per heavy atom. The number of carbonyl (C=O) groups excluding carboxylic acids is 1. The average molecular weight is 339 g/mol. The predicted molar refractivity (Wildman–Crippen MR) is 97.7 cm³/mol. The number of hydrogen-bond acceptors (Lipinski definition) is 3. The monoisotopic (exact) mass is 339 g/mol.